The maximum atomic E-state index is 12.7. The van der Waals surface area contributed by atoms with Crippen LogP contribution in [-0.2, 0) is 9.59 Å². The predicted molar refractivity (Wildman–Crippen MR) is 91.2 cm³/mol. The largest absolute Gasteiger partial charge is 0.481 e. The van der Waals surface area contributed by atoms with Crippen LogP contribution in [0.1, 0.15) is 43.6 Å². The first-order valence-electron chi connectivity index (χ1n) is 8.30. The molecule has 1 aromatic rings. The van der Waals surface area contributed by atoms with Gasteiger partial charge in [-0.15, -0.1) is 0 Å². The van der Waals surface area contributed by atoms with Crippen molar-refractivity contribution in [1.29, 1.82) is 0 Å². The first-order chi connectivity index (χ1) is 11.0. The molecule has 23 heavy (non-hydrogen) atoms. The lowest BCUT2D eigenvalue weighted by Crippen LogP contribution is -2.41. The zero-order valence-corrected chi connectivity index (χ0v) is 14.7. The third kappa shape index (κ3) is 4.14. The molecular formula is C18H22BrNO3. The lowest BCUT2D eigenvalue weighted by molar-refractivity contribution is -0.137. The molecule has 1 N–H and O–H groups in total. The quantitative estimate of drug-likeness (QED) is 0.848. The molecule has 1 saturated carbocycles. The second-order valence-corrected chi connectivity index (χ2v) is 7.64. The second kappa shape index (κ2) is 7.04. The van der Waals surface area contributed by atoms with Gasteiger partial charge >= 0.3 is 5.97 Å². The summed E-state index contributed by atoms with van der Waals surface area (Å²) in [6.07, 6.45) is 3.86. The zero-order valence-electron chi connectivity index (χ0n) is 13.1. The molecule has 0 radical (unpaired) electrons. The number of halogens is 1. The van der Waals surface area contributed by atoms with Crippen molar-refractivity contribution in [3.8, 4) is 0 Å². The van der Waals surface area contributed by atoms with Crippen LogP contribution in [0.4, 0.5) is 0 Å². The van der Waals surface area contributed by atoms with Crippen molar-refractivity contribution in [3.63, 3.8) is 0 Å². The van der Waals surface area contributed by atoms with Gasteiger partial charge in [-0.2, -0.15) is 0 Å². The third-order valence-electron chi connectivity index (χ3n) is 5.00. The summed E-state index contributed by atoms with van der Waals surface area (Å²) < 4.78 is 1.06. The number of carbonyl (C=O) groups is 2. The Morgan fingerprint density at radius 3 is 2.70 bits per heavy atom. The van der Waals surface area contributed by atoms with E-state index >= 15 is 0 Å². The summed E-state index contributed by atoms with van der Waals surface area (Å²) in [5.41, 5.74) is 1.24. The van der Waals surface area contributed by atoms with E-state index in [1.54, 1.807) is 0 Å². The molecule has 124 valence electrons. The highest BCUT2D eigenvalue weighted by molar-refractivity contribution is 9.10. The molecule has 1 amide bonds. The Morgan fingerprint density at radius 2 is 2.00 bits per heavy atom. The van der Waals surface area contributed by atoms with Gasteiger partial charge in [0.15, 0.2) is 0 Å². The van der Waals surface area contributed by atoms with Crippen molar-refractivity contribution in [2.75, 3.05) is 13.1 Å². The van der Waals surface area contributed by atoms with Crippen molar-refractivity contribution in [1.82, 2.24) is 4.90 Å². The molecular weight excluding hydrogens is 358 g/mol. The van der Waals surface area contributed by atoms with E-state index < -0.39 is 5.97 Å². The molecule has 0 spiro atoms. The number of aliphatic carboxylic acids is 1. The monoisotopic (exact) mass is 379 g/mol. The summed E-state index contributed by atoms with van der Waals surface area (Å²) in [5.74, 6) is 0.335. The third-order valence-corrected chi connectivity index (χ3v) is 5.53. The number of benzene rings is 1. The lowest BCUT2D eigenvalue weighted by Gasteiger charge is -2.33. The van der Waals surface area contributed by atoms with E-state index in [1.165, 1.54) is 5.56 Å². The fraction of sp³-hybridized carbons (Fsp3) is 0.556. The SMILES string of the molecule is O=C(O)CC[C@@H]1CCCN(C(=O)[C@H]2C[C@H]2c2ccc(Br)cc2)C1. The maximum Gasteiger partial charge on any atom is 0.303 e. The van der Waals surface area contributed by atoms with Gasteiger partial charge < -0.3 is 10.0 Å². The predicted octanol–water partition coefficient (Wildman–Crippen LogP) is 3.66. The van der Waals surface area contributed by atoms with Gasteiger partial charge in [0.2, 0.25) is 5.91 Å². The molecule has 1 saturated heterocycles. The van der Waals surface area contributed by atoms with Crippen LogP contribution in [0.2, 0.25) is 0 Å². The lowest BCUT2D eigenvalue weighted by atomic mass is 9.93. The van der Waals surface area contributed by atoms with E-state index in [9.17, 15) is 9.59 Å². The Bertz CT molecular complexity index is 586. The topological polar surface area (TPSA) is 57.6 Å². The van der Waals surface area contributed by atoms with Crippen LogP contribution in [0, 0.1) is 11.8 Å². The number of carboxylic acids is 1. The van der Waals surface area contributed by atoms with Crippen molar-refractivity contribution in [2.45, 2.75) is 38.0 Å². The smallest absolute Gasteiger partial charge is 0.303 e. The van der Waals surface area contributed by atoms with Crippen molar-refractivity contribution in [3.05, 3.63) is 34.3 Å². The molecule has 1 heterocycles. The van der Waals surface area contributed by atoms with Gasteiger partial charge in [0.1, 0.15) is 0 Å². The summed E-state index contributed by atoms with van der Waals surface area (Å²) in [6.45, 7) is 1.56. The second-order valence-electron chi connectivity index (χ2n) is 6.73. The minimum atomic E-state index is -0.744. The Balaban J connectivity index is 1.54. The van der Waals surface area contributed by atoms with E-state index in [2.05, 4.69) is 28.1 Å². The number of piperidine rings is 1. The van der Waals surface area contributed by atoms with Crippen molar-refractivity contribution in [2.24, 2.45) is 11.8 Å². The summed E-state index contributed by atoms with van der Waals surface area (Å²) in [6, 6.07) is 8.23. The Hall–Kier alpha value is -1.36. The highest BCUT2D eigenvalue weighted by Gasteiger charge is 2.46. The minimum absolute atomic E-state index is 0.120. The van der Waals surface area contributed by atoms with E-state index in [1.807, 2.05) is 17.0 Å². The average Bonchev–Trinajstić information content (AvgIpc) is 3.34. The number of amides is 1. The van der Waals surface area contributed by atoms with Crippen molar-refractivity contribution >= 4 is 27.8 Å². The van der Waals surface area contributed by atoms with Crippen molar-refractivity contribution < 1.29 is 14.7 Å². The summed E-state index contributed by atoms with van der Waals surface area (Å²) in [7, 11) is 0. The number of likely N-dealkylation sites (tertiary alicyclic amines) is 1. The highest BCUT2D eigenvalue weighted by atomic mass is 79.9. The van der Waals surface area contributed by atoms with Crippen LogP contribution in [0.25, 0.3) is 0 Å². The molecule has 1 aliphatic carbocycles. The number of rotatable bonds is 5. The maximum absolute atomic E-state index is 12.7. The van der Waals surface area contributed by atoms with E-state index in [-0.39, 0.29) is 18.2 Å². The van der Waals surface area contributed by atoms with Crippen LogP contribution in [0.3, 0.4) is 0 Å². The van der Waals surface area contributed by atoms with Gasteiger partial charge in [0.25, 0.3) is 0 Å². The molecule has 1 aliphatic heterocycles. The van der Waals surface area contributed by atoms with Crippen LogP contribution in [0.5, 0.6) is 0 Å². The molecule has 0 bridgehead atoms. The minimum Gasteiger partial charge on any atom is -0.481 e. The summed E-state index contributed by atoms with van der Waals surface area (Å²) in [4.78, 5) is 25.4. The van der Waals surface area contributed by atoms with Gasteiger partial charge in [-0.25, -0.2) is 0 Å². The Kier molecular flexibility index (Phi) is 5.05. The molecule has 0 unspecified atom stereocenters. The standard InChI is InChI=1S/C18H22BrNO3/c19-14-6-4-13(5-7-14)15-10-16(15)18(23)20-9-1-2-12(11-20)3-8-17(21)22/h4-7,12,15-16H,1-3,8-11H2,(H,21,22)/t12-,15-,16-/m0/s1. The Morgan fingerprint density at radius 1 is 1.26 bits per heavy atom. The average molecular weight is 380 g/mol. The van der Waals surface area contributed by atoms with Gasteiger partial charge in [-0.05, 0) is 55.2 Å². The Labute approximate surface area is 145 Å². The summed E-state index contributed by atoms with van der Waals surface area (Å²) in [5, 5.41) is 8.81. The number of hydrogen-bond donors (Lipinski definition) is 1. The number of carbonyl (C=O) groups excluding carboxylic acids is 1. The number of nitrogens with zero attached hydrogens (tertiary/aromatic N) is 1. The van der Waals surface area contributed by atoms with Gasteiger partial charge in [-0.3, -0.25) is 9.59 Å². The van der Waals surface area contributed by atoms with E-state index in [0.29, 0.717) is 18.3 Å². The number of hydrogen-bond acceptors (Lipinski definition) is 2. The molecule has 4 nitrogen and oxygen atoms in total. The molecule has 3 atom stereocenters. The van der Waals surface area contributed by atoms with Crippen LogP contribution in [0.15, 0.2) is 28.7 Å². The highest BCUT2D eigenvalue weighted by Crippen LogP contribution is 2.49. The number of carboxylic acid groups (broad SMARTS) is 1. The molecule has 2 fully saturated rings. The van der Waals surface area contributed by atoms with Gasteiger partial charge in [0.05, 0.1) is 0 Å². The molecule has 0 aromatic heterocycles. The zero-order chi connectivity index (χ0) is 16.4. The fourth-order valence-corrected chi connectivity index (χ4v) is 3.87. The van der Waals surface area contributed by atoms with Gasteiger partial charge in [0, 0.05) is 29.9 Å². The van der Waals surface area contributed by atoms with Crippen LogP contribution < -0.4 is 0 Å². The molecule has 5 heteroatoms. The van der Waals surface area contributed by atoms with E-state index in [4.69, 9.17) is 5.11 Å². The molecule has 3 rings (SSSR count). The fourth-order valence-electron chi connectivity index (χ4n) is 3.61. The first-order valence-corrected chi connectivity index (χ1v) is 9.10. The molecule has 1 aromatic carbocycles. The van der Waals surface area contributed by atoms with E-state index in [0.717, 1.165) is 36.8 Å². The molecule has 2 aliphatic rings. The summed E-state index contributed by atoms with van der Waals surface area (Å²) >= 11 is 3.44. The van der Waals surface area contributed by atoms with Crippen LogP contribution in [-0.4, -0.2) is 35.0 Å². The van der Waals surface area contributed by atoms with Crippen LogP contribution >= 0.6 is 15.9 Å². The van der Waals surface area contributed by atoms with Gasteiger partial charge in [-0.1, -0.05) is 28.1 Å². The first kappa shape index (κ1) is 16.5. The normalized spacial score (nSPS) is 26.8.